The number of alkyl halides is 2. The number of aromatic nitrogens is 1. The Bertz CT molecular complexity index is 620. The SMILES string of the molecule is Cc1nsc(Nc2ccccc2SC(F)F)c1C#N. The lowest BCUT2D eigenvalue weighted by molar-refractivity contribution is 0.252. The predicted molar refractivity (Wildman–Crippen MR) is 73.2 cm³/mol. The Balaban J connectivity index is 2.31. The lowest BCUT2D eigenvalue weighted by Gasteiger charge is -2.09. The summed E-state index contributed by atoms with van der Waals surface area (Å²) >= 11 is 1.61. The summed E-state index contributed by atoms with van der Waals surface area (Å²) in [7, 11) is 0. The maximum atomic E-state index is 12.5. The largest absolute Gasteiger partial charge is 0.344 e. The molecule has 3 nitrogen and oxygen atoms in total. The summed E-state index contributed by atoms with van der Waals surface area (Å²) < 4.78 is 29.0. The summed E-state index contributed by atoms with van der Waals surface area (Å²) in [6.07, 6.45) is 0. The van der Waals surface area contributed by atoms with Crippen LogP contribution in [0.5, 0.6) is 0 Å². The van der Waals surface area contributed by atoms with E-state index < -0.39 is 5.76 Å². The average Bonchev–Trinajstić information content (AvgIpc) is 2.71. The summed E-state index contributed by atoms with van der Waals surface area (Å²) in [5.74, 6) is -2.48. The first kappa shape index (κ1) is 13.8. The minimum atomic E-state index is -2.48. The van der Waals surface area contributed by atoms with Crippen LogP contribution in [0.2, 0.25) is 0 Å². The van der Waals surface area contributed by atoms with Crippen LogP contribution in [0, 0.1) is 18.3 Å². The standard InChI is InChI=1S/C12H9F2N3S2/c1-7-8(6-15)11(19-17-7)16-9-4-2-3-5-10(9)18-12(13)14/h2-5,12,16H,1H3. The second-order valence-electron chi connectivity index (χ2n) is 3.58. The van der Waals surface area contributed by atoms with E-state index in [2.05, 4.69) is 15.8 Å². The van der Waals surface area contributed by atoms with Gasteiger partial charge in [0.05, 0.1) is 11.4 Å². The maximum absolute atomic E-state index is 12.5. The number of anilines is 2. The van der Waals surface area contributed by atoms with Gasteiger partial charge >= 0.3 is 0 Å². The molecule has 7 heteroatoms. The van der Waals surface area contributed by atoms with Gasteiger partial charge < -0.3 is 5.32 Å². The quantitative estimate of drug-likeness (QED) is 0.851. The number of nitriles is 1. The van der Waals surface area contributed by atoms with Crippen LogP contribution >= 0.6 is 23.3 Å². The molecule has 0 aliphatic carbocycles. The highest BCUT2D eigenvalue weighted by atomic mass is 32.2. The molecule has 19 heavy (non-hydrogen) atoms. The molecule has 0 unspecified atom stereocenters. The molecule has 1 N–H and O–H groups in total. The molecule has 0 saturated carbocycles. The zero-order valence-electron chi connectivity index (χ0n) is 9.85. The van der Waals surface area contributed by atoms with Crippen molar-refractivity contribution in [2.75, 3.05) is 5.32 Å². The van der Waals surface area contributed by atoms with E-state index in [1.165, 1.54) is 0 Å². The van der Waals surface area contributed by atoms with Crippen LogP contribution in [0.25, 0.3) is 0 Å². The van der Waals surface area contributed by atoms with Gasteiger partial charge in [-0.3, -0.25) is 0 Å². The number of benzene rings is 1. The van der Waals surface area contributed by atoms with Crippen LogP contribution in [0.1, 0.15) is 11.3 Å². The molecule has 1 heterocycles. The molecule has 0 aliphatic heterocycles. The lowest BCUT2D eigenvalue weighted by atomic mass is 10.2. The Morgan fingerprint density at radius 3 is 2.84 bits per heavy atom. The average molecular weight is 297 g/mol. The van der Waals surface area contributed by atoms with E-state index in [9.17, 15) is 8.78 Å². The first-order chi connectivity index (χ1) is 9.11. The number of para-hydroxylation sites is 1. The first-order valence-electron chi connectivity index (χ1n) is 5.29. The molecule has 0 atom stereocenters. The molecule has 0 bridgehead atoms. The Kier molecular flexibility index (Phi) is 4.35. The summed E-state index contributed by atoms with van der Waals surface area (Å²) in [4.78, 5) is 0.437. The number of halogens is 2. The third-order valence-corrected chi connectivity index (χ3v) is 3.97. The van der Waals surface area contributed by atoms with E-state index in [-0.39, 0.29) is 0 Å². The summed E-state index contributed by atoms with van der Waals surface area (Å²) in [5, 5.41) is 12.6. The van der Waals surface area contributed by atoms with E-state index in [1.54, 1.807) is 31.2 Å². The minimum Gasteiger partial charge on any atom is -0.344 e. The maximum Gasteiger partial charge on any atom is 0.288 e. The highest BCUT2D eigenvalue weighted by molar-refractivity contribution is 7.99. The zero-order valence-corrected chi connectivity index (χ0v) is 11.5. The highest BCUT2D eigenvalue weighted by Gasteiger charge is 2.14. The predicted octanol–water partition coefficient (Wildman–Crippen LogP) is 4.38. The van der Waals surface area contributed by atoms with E-state index in [1.807, 2.05) is 0 Å². The van der Waals surface area contributed by atoms with Crippen molar-refractivity contribution in [3.8, 4) is 6.07 Å². The molecular weight excluding hydrogens is 288 g/mol. The zero-order chi connectivity index (χ0) is 13.8. The van der Waals surface area contributed by atoms with Crippen molar-refractivity contribution in [2.45, 2.75) is 17.6 Å². The van der Waals surface area contributed by atoms with Gasteiger partial charge in [0.1, 0.15) is 16.6 Å². The fraction of sp³-hybridized carbons (Fsp3) is 0.167. The molecule has 0 radical (unpaired) electrons. The van der Waals surface area contributed by atoms with Gasteiger partial charge in [0.25, 0.3) is 5.76 Å². The molecule has 0 spiro atoms. The van der Waals surface area contributed by atoms with Gasteiger partial charge in [-0.15, -0.1) is 0 Å². The Hall–Kier alpha value is -1.65. The third-order valence-electron chi connectivity index (χ3n) is 2.33. The number of hydrogen-bond acceptors (Lipinski definition) is 5. The topological polar surface area (TPSA) is 48.7 Å². The molecule has 0 fully saturated rings. The molecule has 0 saturated heterocycles. The molecule has 98 valence electrons. The van der Waals surface area contributed by atoms with Crippen molar-refractivity contribution in [3.05, 3.63) is 35.5 Å². The lowest BCUT2D eigenvalue weighted by Crippen LogP contribution is -1.94. The van der Waals surface area contributed by atoms with Crippen LogP contribution < -0.4 is 5.32 Å². The van der Waals surface area contributed by atoms with Crippen LogP contribution in [-0.4, -0.2) is 10.1 Å². The Morgan fingerprint density at radius 1 is 1.42 bits per heavy atom. The third kappa shape index (κ3) is 3.22. The van der Waals surface area contributed by atoms with Crippen molar-refractivity contribution in [1.82, 2.24) is 4.37 Å². The van der Waals surface area contributed by atoms with Crippen molar-refractivity contribution in [1.29, 1.82) is 5.26 Å². The molecule has 2 rings (SSSR count). The smallest absolute Gasteiger partial charge is 0.288 e. The summed E-state index contributed by atoms with van der Waals surface area (Å²) in [6.45, 7) is 1.74. The molecule has 1 aromatic carbocycles. The first-order valence-corrected chi connectivity index (χ1v) is 6.94. The fourth-order valence-electron chi connectivity index (χ4n) is 1.48. The fourth-order valence-corrected chi connectivity index (χ4v) is 2.83. The van der Waals surface area contributed by atoms with Crippen LogP contribution in [0.15, 0.2) is 29.2 Å². The van der Waals surface area contributed by atoms with Crippen LogP contribution in [-0.2, 0) is 0 Å². The van der Waals surface area contributed by atoms with Crippen LogP contribution in [0.3, 0.4) is 0 Å². The van der Waals surface area contributed by atoms with Gasteiger partial charge in [-0.2, -0.15) is 18.4 Å². The number of nitrogens with one attached hydrogen (secondary N) is 1. The number of hydrogen-bond donors (Lipinski definition) is 1. The van der Waals surface area contributed by atoms with E-state index in [4.69, 9.17) is 5.26 Å². The highest BCUT2D eigenvalue weighted by Crippen LogP contribution is 2.35. The second-order valence-corrected chi connectivity index (χ2v) is 5.39. The van der Waals surface area contributed by atoms with E-state index in [0.717, 1.165) is 11.5 Å². The molecular formula is C12H9F2N3S2. The normalized spacial score (nSPS) is 10.5. The van der Waals surface area contributed by atoms with Crippen molar-refractivity contribution >= 4 is 34.0 Å². The van der Waals surface area contributed by atoms with Gasteiger partial charge in [0, 0.05) is 4.90 Å². The molecule has 2 aromatic rings. The van der Waals surface area contributed by atoms with Gasteiger partial charge in [0.2, 0.25) is 0 Å². The van der Waals surface area contributed by atoms with Crippen LogP contribution in [0.4, 0.5) is 19.5 Å². The summed E-state index contributed by atoms with van der Waals surface area (Å²) in [6, 6.07) is 8.80. The van der Waals surface area contributed by atoms with Gasteiger partial charge in [-0.1, -0.05) is 23.9 Å². The van der Waals surface area contributed by atoms with Gasteiger partial charge in [-0.05, 0) is 30.6 Å². The second kappa shape index (κ2) is 5.99. The number of thioether (sulfide) groups is 1. The number of nitrogens with zero attached hydrogens (tertiary/aromatic N) is 2. The Morgan fingerprint density at radius 2 is 2.16 bits per heavy atom. The van der Waals surface area contributed by atoms with Crippen molar-refractivity contribution in [3.63, 3.8) is 0 Å². The summed E-state index contributed by atoms with van der Waals surface area (Å²) in [5.41, 5.74) is 1.63. The number of aryl methyl sites for hydroxylation is 1. The molecule has 1 aromatic heterocycles. The molecule has 0 aliphatic rings. The van der Waals surface area contributed by atoms with Gasteiger partial charge in [0.15, 0.2) is 0 Å². The number of rotatable bonds is 4. The Labute approximate surface area is 117 Å². The van der Waals surface area contributed by atoms with Crippen molar-refractivity contribution < 1.29 is 8.78 Å². The minimum absolute atomic E-state index is 0.437. The monoisotopic (exact) mass is 297 g/mol. The van der Waals surface area contributed by atoms with E-state index in [0.29, 0.717) is 38.6 Å². The van der Waals surface area contributed by atoms with Gasteiger partial charge in [-0.25, -0.2) is 0 Å². The molecule has 0 amide bonds. The van der Waals surface area contributed by atoms with Crippen molar-refractivity contribution in [2.24, 2.45) is 0 Å². The van der Waals surface area contributed by atoms with E-state index >= 15 is 0 Å².